The van der Waals surface area contributed by atoms with Crippen LogP contribution in [0.3, 0.4) is 0 Å². The van der Waals surface area contributed by atoms with Gasteiger partial charge in [0.2, 0.25) is 5.91 Å². The Bertz CT molecular complexity index is 519. The third-order valence-electron chi connectivity index (χ3n) is 2.49. The molecule has 1 aromatic rings. The number of amides is 2. The van der Waals surface area contributed by atoms with Crippen molar-refractivity contribution in [2.24, 2.45) is 0 Å². The second-order valence-corrected chi connectivity index (χ2v) is 4.02. The van der Waals surface area contributed by atoms with E-state index < -0.39 is 29.8 Å². The van der Waals surface area contributed by atoms with Gasteiger partial charge < -0.3 is 20.8 Å². The number of alkyl halides is 3. The molecule has 0 saturated carbocycles. The van der Waals surface area contributed by atoms with Crippen molar-refractivity contribution in [1.82, 2.24) is 10.6 Å². The first kappa shape index (κ1) is 16.8. The normalized spacial score (nSPS) is 12.6. The minimum atomic E-state index is -4.61. The molecule has 0 saturated heterocycles. The molecule has 9 heteroatoms. The van der Waals surface area contributed by atoms with Crippen LogP contribution in [0.2, 0.25) is 0 Å². The van der Waals surface area contributed by atoms with Gasteiger partial charge in [-0.15, -0.1) is 0 Å². The molecule has 1 atom stereocenters. The van der Waals surface area contributed by atoms with Crippen molar-refractivity contribution < 1.29 is 33.0 Å². The van der Waals surface area contributed by atoms with Gasteiger partial charge in [-0.3, -0.25) is 4.79 Å². The summed E-state index contributed by atoms with van der Waals surface area (Å²) in [6, 6.07) is 2.28. The van der Waals surface area contributed by atoms with Crippen LogP contribution in [-0.2, 0) is 11.0 Å². The number of carbonyl (C=O) groups is 2. The predicted octanol–water partition coefficient (Wildman–Crippen LogP) is 1.12. The van der Waals surface area contributed by atoms with Crippen LogP contribution in [-0.4, -0.2) is 35.4 Å². The van der Waals surface area contributed by atoms with E-state index in [0.717, 1.165) is 12.1 Å². The largest absolute Gasteiger partial charge is 0.465 e. The molecule has 0 bridgehead atoms. The highest BCUT2D eigenvalue weighted by atomic mass is 19.4. The average molecular weight is 306 g/mol. The van der Waals surface area contributed by atoms with E-state index in [9.17, 15) is 22.8 Å². The van der Waals surface area contributed by atoms with Gasteiger partial charge in [0, 0.05) is 6.54 Å². The number of carboxylic acid groups (broad SMARTS) is 1. The first-order valence-electron chi connectivity index (χ1n) is 5.81. The SMILES string of the molecule is O=C(O)NC(C(=O)NCCO)c1cccc(C(F)(F)F)c1. The van der Waals surface area contributed by atoms with Gasteiger partial charge in [-0.25, -0.2) is 4.79 Å². The van der Waals surface area contributed by atoms with E-state index in [1.807, 2.05) is 5.32 Å². The monoisotopic (exact) mass is 306 g/mol. The molecule has 21 heavy (non-hydrogen) atoms. The van der Waals surface area contributed by atoms with Crippen molar-refractivity contribution >= 4 is 12.0 Å². The summed E-state index contributed by atoms with van der Waals surface area (Å²) in [6.07, 6.45) is -6.16. The van der Waals surface area contributed by atoms with Crippen LogP contribution < -0.4 is 10.6 Å². The number of nitrogens with one attached hydrogen (secondary N) is 2. The van der Waals surface area contributed by atoms with Crippen LogP contribution in [0, 0.1) is 0 Å². The summed E-state index contributed by atoms with van der Waals surface area (Å²) in [6.45, 7) is -0.524. The summed E-state index contributed by atoms with van der Waals surface area (Å²) in [4.78, 5) is 22.5. The second kappa shape index (κ2) is 6.93. The zero-order valence-corrected chi connectivity index (χ0v) is 10.6. The van der Waals surface area contributed by atoms with Crippen LogP contribution in [0.5, 0.6) is 0 Å². The topological polar surface area (TPSA) is 98.7 Å². The van der Waals surface area contributed by atoms with Crippen LogP contribution in [0.1, 0.15) is 17.2 Å². The van der Waals surface area contributed by atoms with Gasteiger partial charge in [0.05, 0.1) is 12.2 Å². The maximum absolute atomic E-state index is 12.6. The summed E-state index contributed by atoms with van der Waals surface area (Å²) in [5.74, 6) is -0.856. The summed E-state index contributed by atoms with van der Waals surface area (Å²) in [5, 5.41) is 21.3. The molecule has 0 radical (unpaired) electrons. The molecule has 0 aromatic heterocycles. The summed E-state index contributed by atoms with van der Waals surface area (Å²) >= 11 is 0. The lowest BCUT2D eigenvalue weighted by Crippen LogP contribution is -2.40. The third kappa shape index (κ3) is 4.95. The van der Waals surface area contributed by atoms with E-state index in [1.165, 1.54) is 6.07 Å². The molecule has 2 amide bonds. The number of rotatable bonds is 5. The molecular weight excluding hydrogens is 293 g/mol. The number of benzene rings is 1. The Kier molecular flexibility index (Phi) is 5.53. The fourth-order valence-electron chi connectivity index (χ4n) is 1.60. The minimum Gasteiger partial charge on any atom is -0.465 e. The Labute approximate surface area is 117 Å². The average Bonchev–Trinajstić information content (AvgIpc) is 2.41. The highest BCUT2D eigenvalue weighted by Gasteiger charge is 2.32. The lowest BCUT2D eigenvalue weighted by Gasteiger charge is -2.18. The van der Waals surface area contributed by atoms with Crippen molar-refractivity contribution in [3.05, 3.63) is 35.4 Å². The molecule has 0 heterocycles. The number of aliphatic hydroxyl groups is 1. The fourth-order valence-corrected chi connectivity index (χ4v) is 1.60. The van der Waals surface area contributed by atoms with E-state index in [-0.39, 0.29) is 18.7 Å². The zero-order chi connectivity index (χ0) is 16.0. The van der Waals surface area contributed by atoms with Crippen LogP contribution >= 0.6 is 0 Å². The first-order chi connectivity index (χ1) is 9.75. The van der Waals surface area contributed by atoms with Crippen molar-refractivity contribution in [3.8, 4) is 0 Å². The first-order valence-corrected chi connectivity index (χ1v) is 5.81. The highest BCUT2D eigenvalue weighted by molar-refractivity contribution is 5.86. The van der Waals surface area contributed by atoms with Gasteiger partial charge in [0.25, 0.3) is 0 Å². The number of carbonyl (C=O) groups excluding carboxylic acids is 1. The Morgan fingerprint density at radius 1 is 1.29 bits per heavy atom. The quantitative estimate of drug-likeness (QED) is 0.655. The summed E-state index contributed by atoms with van der Waals surface area (Å²) < 4.78 is 37.9. The molecule has 4 N–H and O–H groups in total. The molecule has 116 valence electrons. The molecule has 0 spiro atoms. The molecule has 1 unspecified atom stereocenters. The van der Waals surface area contributed by atoms with E-state index in [1.54, 1.807) is 0 Å². The number of hydrogen-bond acceptors (Lipinski definition) is 3. The van der Waals surface area contributed by atoms with Gasteiger partial charge in [-0.2, -0.15) is 13.2 Å². The third-order valence-corrected chi connectivity index (χ3v) is 2.49. The minimum absolute atomic E-state index is 0.143. The molecule has 0 aliphatic carbocycles. The maximum atomic E-state index is 12.6. The standard InChI is InChI=1S/C12H13F3N2O4/c13-12(14,15)8-3-1-2-7(6-8)9(17-11(20)21)10(19)16-4-5-18/h1-3,6,9,17-18H,4-5H2,(H,16,19)(H,20,21). The van der Waals surface area contributed by atoms with Gasteiger partial charge in [-0.05, 0) is 17.7 Å². The van der Waals surface area contributed by atoms with Crippen LogP contribution in [0.15, 0.2) is 24.3 Å². The van der Waals surface area contributed by atoms with E-state index in [2.05, 4.69) is 5.32 Å². The molecule has 0 fully saturated rings. The molecule has 1 aromatic carbocycles. The number of hydrogen-bond donors (Lipinski definition) is 4. The van der Waals surface area contributed by atoms with E-state index in [0.29, 0.717) is 6.07 Å². The van der Waals surface area contributed by atoms with Gasteiger partial charge >= 0.3 is 12.3 Å². The Morgan fingerprint density at radius 2 is 1.95 bits per heavy atom. The molecule has 0 aliphatic heterocycles. The summed E-state index contributed by atoms with van der Waals surface area (Å²) in [5.41, 5.74) is -1.14. The van der Waals surface area contributed by atoms with Crippen LogP contribution in [0.25, 0.3) is 0 Å². The Balaban J connectivity index is 3.08. The highest BCUT2D eigenvalue weighted by Crippen LogP contribution is 2.30. The van der Waals surface area contributed by atoms with Gasteiger partial charge in [0.15, 0.2) is 0 Å². The van der Waals surface area contributed by atoms with Crippen molar-refractivity contribution in [2.75, 3.05) is 13.2 Å². The lowest BCUT2D eigenvalue weighted by molar-refractivity contribution is -0.137. The predicted molar refractivity (Wildman–Crippen MR) is 65.4 cm³/mol. The lowest BCUT2D eigenvalue weighted by atomic mass is 10.0. The van der Waals surface area contributed by atoms with Crippen molar-refractivity contribution in [1.29, 1.82) is 0 Å². The van der Waals surface area contributed by atoms with Crippen molar-refractivity contribution in [3.63, 3.8) is 0 Å². The maximum Gasteiger partial charge on any atom is 0.416 e. The Hall–Kier alpha value is -2.29. The second-order valence-electron chi connectivity index (χ2n) is 4.02. The van der Waals surface area contributed by atoms with E-state index in [4.69, 9.17) is 10.2 Å². The number of aliphatic hydroxyl groups excluding tert-OH is 1. The van der Waals surface area contributed by atoms with Gasteiger partial charge in [0.1, 0.15) is 6.04 Å². The molecular formula is C12H13F3N2O4. The molecule has 1 rings (SSSR count). The van der Waals surface area contributed by atoms with Crippen molar-refractivity contribution in [2.45, 2.75) is 12.2 Å². The molecule has 0 aliphatic rings. The Morgan fingerprint density at radius 3 is 2.48 bits per heavy atom. The van der Waals surface area contributed by atoms with Crippen LogP contribution in [0.4, 0.5) is 18.0 Å². The zero-order valence-electron chi connectivity index (χ0n) is 10.6. The van der Waals surface area contributed by atoms with Gasteiger partial charge in [-0.1, -0.05) is 12.1 Å². The smallest absolute Gasteiger partial charge is 0.416 e. The fraction of sp³-hybridized carbons (Fsp3) is 0.333. The molecule has 6 nitrogen and oxygen atoms in total. The number of halogens is 3. The summed E-state index contributed by atoms with van der Waals surface area (Å²) in [7, 11) is 0. The van der Waals surface area contributed by atoms with E-state index >= 15 is 0 Å².